The maximum Gasteiger partial charge on any atom is 0.227 e. The Morgan fingerprint density at radius 2 is 1.31 bits per heavy atom. The molecule has 0 bridgehead atoms. The van der Waals surface area contributed by atoms with Crippen molar-refractivity contribution in [1.82, 2.24) is 9.97 Å². The van der Waals surface area contributed by atoms with Gasteiger partial charge in [0.2, 0.25) is 5.95 Å². The van der Waals surface area contributed by atoms with Gasteiger partial charge in [-0.1, -0.05) is 60.7 Å². The average molecular weight is 396 g/mol. The highest BCUT2D eigenvalue weighted by molar-refractivity contribution is 5.44. The van der Waals surface area contributed by atoms with Crippen LogP contribution in [0.15, 0.2) is 66.9 Å². The zero-order valence-corrected chi connectivity index (χ0v) is 16.4. The molecule has 6 nitrogen and oxygen atoms in total. The highest BCUT2D eigenvalue weighted by Gasteiger charge is 2.25. The summed E-state index contributed by atoms with van der Waals surface area (Å²) in [5.41, 5.74) is -0.955. The zero-order chi connectivity index (χ0) is 20.9. The Morgan fingerprint density at radius 3 is 1.83 bits per heavy atom. The fourth-order valence-electron chi connectivity index (χ4n) is 3.09. The molecule has 2 aromatic carbocycles. The minimum absolute atomic E-state index is 0.0466. The average Bonchev–Trinajstić information content (AvgIpc) is 2.65. The van der Waals surface area contributed by atoms with Crippen LogP contribution >= 0.6 is 0 Å². The molecule has 7 heteroatoms. The lowest BCUT2D eigenvalue weighted by Gasteiger charge is -2.27. The fourth-order valence-corrected chi connectivity index (χ4v) is 3.09. The molecule has 0 aliphatic rings. The van der Waals surface area contributed by atoms with Gasteiger partial charge in [-0.3, -0.25) is 0 Å². The third kappa shape index (κ3) is 6.23. The van der Waals surface area contributed by atoms with Crippen LogP contribution in [0.3, 0.4) is 0 Å². The number of nitrogens with one attached hydrogen (secondary N) is 2. The van der Waals surface area contributed by atoms with E-state index in [0.29, 0.717) is 6.42 Å². The third-order valence-corrected chi connectivity index (χ3v) is 4.30. The Bertz CT molecular complexity index is 934. The molecule has 152 valence electrons. The van der Waals surface area contributed by atoms with E-state index < -0.39 is 17.3 Å². The summed E-state index contributed by atoms with van der Waals surface area (Å²) in [6.45, 7) is 3.13. The van der Waals surface area contributed by atoms with Crippen molar-refractivity contribution in [2.75, 3.05) is 10.6 Å². The molecule has 2 unspecified atom stereocenters. The summed E-state index contributed by atoms with van der Waals surface area (Å²) in [5.74, 6) is -0.809. The van der Waals surface area contributed by atoms with Crippen LogP contribution in [0, 0.1) is 5.82 Å². The van der Waals surface area contributed by atoms with E-state index in [1.807, 2.05) is 60.7 Å². The summed E-state index contributed by atoms with van der Waals surface area (Å²) < 4.78 is 14.2. The van der Waals surface area contributed by atoms with E-state index in [-0.39, 0.29) is 18.2 Å². The summed E-state index contributed by atoms with van der Waals surface area (Å²) in [4.78, 5) is 8.00. The van der Waals surface area contributed by atoms with Gasteiger partial charge >= 0.3 is 0 Å². The minimum Gasteiger partial charge on any atom is -0.371 e. The van der Waals surface area contributed by atoms with Crippen LogP contribution < -0.4 is 10.6 Å². The lowest BCUT2D eigenvalue weighted by Crippen LogP contribution is -2.39. The predicted molar refractivity (Wildman–Crippen MR) is 111 cm³/mol. The van der Waals surface area contributed by atoms with E-state index in [9.17, 15) is 14.6 Å². The Morgan fingerprint density at radius 1 is 0.828 bits per heavy atom. The van der Waals surface area contributed by atoms with E-state index >= 15 is 0 Å². The maximum atomic E-state index is 14.2. The molecule has 3 aromatic rings. The van der Waals surface area contributed by atoms with E-state index in [0.717, 1.165) is 17.3 Å². The number of rotatable bonds is 8. The second-order valence-corrected chi connectivity index (χ2v) is 7.51. The largest absolute Gasteiger partial charge is 0.371 e. The molecule has 1 heterocycles. The molecule has 0 aliphatic heterocycles. The van der Waals surface area contributed by atoms with Crippen molar-refractivity contribution < 1.29 is 14.6 Å². The number of aliphatic hydroxyl groups is 2. The molecule has 2 atom stereocenters. The summed E-state index contributed by atoms with van der Waals surface area (Å²) in [7, 11) is 0. The van der Waals surface area contributed by atoms with Crippen molar-refractivity contribution in [3.05, 3.63) is 83.8 Å². The molecule has 0 saturated heterocycles. The van der Waals surface area contributed by atoms with Gasteiger partial charge in [0.05, 0.1) is 6.20 Å². The third-order valence-electron chi connectivity index (χ3n) is 4.30. The first-order chi connectivity index (χ1) is 13.7. The Kier molecular flexibility index (Phi) is 6.10. The van der Waals surface area contributed by atoms with Crippen molar-refractivity contribution in [2.24, 2.45) is 0 Å². The van der Waals surface area contributed by atoms with E-state index in [2.05, 4.69) is 20.6 Å². The first kappa shape index (κ1) is 20.7. The smallest absolute Gasteiger partial charge is 0.227 e. The number of hydrogen-bond donors (Lipinski definition) is 4. The van der Waals surface area contributed by atoms with E-state index in [4.69, 9.17) is 0 Å². The topological polar surface area (TPSA) is 90.3 Å². The van der Waals surface area contributed by atoms with E-state index in [1.54, 1.807) is 13.8 Å². The molecule has 0 aliphatic carbocycles. The summed E-state index contributed by atoms with van der Waals surface area (Å²) in [6.07, 6.45) is 1.56. The molecule has 29 heavy (non-hydrogen) atoms. The van der Waals surface area contributed by atoms with E-state index in [1.165, 1.54) is 0 Å². The lowest BCUT2D eigenvalue weighted by molar-refractivity contribution is 0.0891. The molecule has 0 spiro atoms. The molecular formula is C22H25FN4O2. The van der Waals surface area contributed by atoms with Gasteiger partial charge in [0.25, 0.3) is 0 Å². The SMILES string of the molecule is CC(O)(Cc1ccccc1)Nc1ncc(F)c(NC(C)(O)Cc2ccccc2)n1. The van der Waals surface area contributed by atoms with Crippen LogP contribution in [-0.2, 0) is 12.8 Å². The summed E-state index contributed by atoms with van der Waals surface area (Å²) in [6, 6.07) is 18.8. The highest BCUT2D eigenvalue weighted by atomic mass is 19.1. The molecular weight excluding hydrogens is 371 g/mol. The summed E-state index contributed by atoms with van der Waals surface area (Å²) >= 11 is 0. The number of nitrogens with zero attached hydrogens (tertiary/aromatic N) is 2. The molecule has 0 amide bonds. The normalized spacial score (nSPS) is 15.2. The second-order valence-electron chi connectivity index (χ2n) is 7.51. The van der Waals surface area contributed by atoms with Crippen LogP contribution in [0.2, 0.25) is 0 Å². The maximum absolute atomic E-state index is 14.2. The van der Waals surface area contributed by atoms with Crippen molar-refractivity contribution in [2.45, 2.75) is 38.1 Å². The quantitative estimate of drug-likeness (QED) is 0.437. The highest BCUT2D eigenvalue weighted by Crippen LogP contribution is 2.21. The second kappa shape index (κ2) is 8.55. The van der Waals surface area contributed by atoms with Crippen molar-refractivity contribution in [3.63, 3.8) is 0 Å². The van der Waals surface area contributed by atoms with Gasteiger partial charge in [0.15, 0.2) is 11.6 Å². The van der Waals surface area contributed by atoms with Crippen LogP contribution in [0.4, 0.5) is 16.2 Å². The van der Waals surface area contributed by atoms with Gasteiger partial charge in [-0.25, -0.2) is 9.37 Å². The molecule has 0 radical (unpaired) electrons. The van der Waals surface area contributed by atoms with Crippen LogP contribution in [-0.4, -0.2) is 31.6 Å². The van der Waals surface area contributed by atoms with Gasteiger partial charge in [-0.05, 0) is 25.0 Å². The van der Waals surface area contributed by atoms with Gasteiger partial charge in [-0.2, -0.15) is 4.98 Å². The van der Waals surface area contributed by atoms with Crippen molar-refractivity contribution >= 4 is 11.8 Å². The molecule has 1 aromatic heterocycles. The first-order valence-corrected chi connectivity index (χ1v) is 9.34. The minimum atomic E-state index is -1.43. The number of anilines is 2. The summed E-state index contributed by atoms with van der Waals surface area (Å²) in [5, 5.41) is 26.8. The zero-order valence-electron chi connectivity index (χ0n) is 16.4. The standard InChI is InChI=1S/C22H25FN4O2/c1-21(28,13-16-9-5-3-6-10-16)26-19-18(23)15-24-20(25-19)27-22(2,29)14-17-11-7-4-8-12-17/h3-12,15,28-29H,13-14H2,1-2H3,(H2,24,25,26,27). The molecule has 0 fully saturated rings. The number of aromatic nitrogens is 2. The van der Waals surface area contributed by atoms with Crippen molar-refractivity contribution in [3.8, 4) is 0 Å². The number of halogens is 1. The predicted octanol–water partition coefficient (Wildman–Crippen LogP) is 3.34. The van der Waals surface area contributed by atoms with Crippen LogP contribution in [0.1, 0.15) is 25.0 Å². The number of benzene rings is 2. The van der Waals surface area contributed by atoms with Gasteiger partial charge in [-0.15, -0.1) is 0 Å². The monoisotopic (exact) mass is 396 g/mol. The van der Waals surface area contributed by atoms with Crippen LogP contribution in [0.25, 0.3) is 0 Å². The molecule has 4 N–H and O–H groups in total. The fraction of sp³-hybridized carbons (Fsp3) is 0.273. The Balaban J connectivity index is 1.72. The van der Waals surface area contributed by atoms with Gasteiger partial charge in [0.1, 0.15) is 11.4 Å². The lowest BCUT2D eigenvalue weighted by atomic mass is 10.0. The van der Waals surface area contributed by atoms with Gasteiger partial charge in [0, 0.05) is 12.8 Å². The number of hydrogen-bond acceptors (Lipinski definition) is 6. The molecule has 3 rings (SSSR count). The Hall–Kier alpha value is -3.03. The van der Waals surface area contributed by atoms with Gasteiger partial charge < -0.3 is 20.8 Å². The molecule has 0 saturated carbocycles. The van der Waals surface area contributed by atoms with Crippen molar-refractivity contribution in [1.29, 1.82) is 0 Å². The Labute approximate surface area is 169 Å². The van der Waals surface area contributed by atoms with Crippen LogP contribution in [0.5, 0.6) is 0 Å². The first-order valence-electron chi connectivity index (χ1n) is 9.34.